The second-order valence-electron chi connectivity index (χ2n) is 12.5. The first-order chi connectivity index (χ1) is 25.3. The summed E-state index contributed by atoms with van der Waals surface area (Å²) in [5, 5.41) is 16.3. The molecule has 0 aromatic heterocycles. The van der Waals surface area contributed by atoms with Gasteiger partial charge in [0.2, 0.25) is 0 Å². The van der Waals surface area contributed by atoms with E-state index in [4.69, 9.17) is 34.7 Å². The minimum atomic E-state index is -0.127. The predicted octanol–water partition coefficient (Wildman–Crippen LogP) is 4.99. The molecule has 12 nitrogen and oxygen atoms in total. The van der Waals surface area contributed by atoms with Gasteiger partial charge in [-0.25, -0.2) is 0 Å². The zero-order valence-electron chi connectivity index (χ0n) is 30.5. The first-order valence-electron chi connectivity index (χ1n) is 17.5. The molecule has 53 heavy (non-hydrogen) atoms. The van der Waals surface area contributed by atoms with Crippen LogP contribution in [-0.4, -0.2) is 121 Å². The van der Waals surface area contributed by atoms with Gasteiger partial charge in [0.15, 0.2) is 11.4 Å². The van der Waals surface area contributed by atoms with Gasteiger partial charge in [-0.2, -0.15) is 10.2 Å². The van der Waals surface area contributed by atoms with Gasteiger partial charge < -0.3 is 54.3 Å². The van der Waals surface area contributed by atoms with Crippen molar-refractivity contribution >= 4 is 92.1 Å². The third-order valence-corrected chi connectivity index (χ3v) is 11.4. The summed E-state index contributed by atoms with van der Waals surface area (Å²) in [4.78, 5) is 34.3. The number of anilines is 2. The zero-order chi connectivity index (χ0) is 37.0. The largest absolute Gasteiger partial charge is 2.00 e. The molecule has 4 aliphatic rings. The van der Waals surface area contributed by atoms with Crippen molar-refractivity contribution in [1.29, 1.82) is 0 Å². The molecule has 2 saturated heterocycles. The summed E-state index contributed by atoms with van der Waals surface area (Å²) >= 11 is 12.8. The minimum Gasteiger partial charge on any atom is -0.752 e. The Morgan fingerprint density at radius 3 is 1.36 bits per heavy atom. The number of hydrogen-bond donors (Lipinski definition) is 0. The van der Waals surface area contributed by atoms with Gasteiger partial charge in [0.05, 0.1) is 25.6 Å². The van der Waals surface area contributed by atoms with Crippen LogP contribution < -0.4 is 19.3 Å². The summed E-state index contributed by atoms with van der Waals surface area (Å²) < 4.78 is 11.4. The van der Waals surface area contributed by atoms with Crippen LogP contribution in [0.15, 0.2) is 56.8 Å². The average molecular weight is 978 g/mol. The van der Waals surface area contributed by atoms with Crippen LogP contribution in [0.3, 0.4) is 0 Å². The molecule has 4 aliphatic heterocycles. The van der Waals surface area contributed by atoms with E-state index in [9.17, 15) is 9.59 Å². The normalized spacial score (nSPS) is 19.5. The molecule has 0 bridgehead atoms. The third-order valence-electron chi connectivity index (χ3n) is 9.38. The minimum absolute atomic E-state index is 0. The molecule has 2 aromatic carbocycles. The summed E-state index contributed by atoms with van der Waals surface area (Å²) in [6, 6.07) is 11.2. The number of nitrogens with zero attached hydrogens (tertiary/aromatic N) is 8. The van der Waals surface area contributed by atoms with E-state index in [1.165, 1.54) is 62.0 Å². The van der Waals surface area contributed by atoms with Crippen LogP contribution in [0.2, 0.25) is 0 Å². The Bertz CT molecular complexity index is 1590. The molecule has 4 heterocycles. The summed E-state index contributed by atoms with van der Waals surface area (Å²) in [5.74, 6) is 1.12. The molecular weight excluding hydrogens is 932 g/mol. The Hall–Kier alpha value is -2.59. The molecule has 0 unspecified atom stereocenters. The van der Waals surface area contributed by atoms with E-state index < -0.39 is 0 Å². The van der Waals surface area contributed by atoms with Gasteiger partial charge in [-0.05, 0) is 110 Å². The predicted molar refractivity (Wildman–Crippen MR) is 221 cm³/mol. The van der Waals surface area contributed by atoms with E-state index in [0.29, 0.717) is 44.8 Å². The number of hydrogen-bond acceptors (Lipinski definition) is 14. The van der Waals surface area contributed by atoms with Crippen molar-refractivity contribution in [2.75, 3.05) is 88.9 Å². The van der Waals surface area contributed by atoms with Crippen LogP contribution in [0.1, 0.15) is 49.7 Å². The average Bonchev–Trinajstić information content (AvgIpc) is 3.61. The van der Waals surface area contributed by atoms with E-state index in [1.807, 2.05) is 48.9 Å². The van der Waals surface area contributed by atoms with Crippen molar-refractivity contribution in [3.05, 3.63) is 47.5 Å². The fraction of sp³-hybridized carbons (Fsp3) is 0.500. The number of carbonyl (C=O) groups excluding carboxylic acids is 2. The van der Waals surface area contributed by atoms with Gasteiger partial charge in [0.25, 0.3) is 11.8 Å². The van der Waals surface area contributed by atoms with E-state index in [2.05, 4.69) is 30.2 Å². The fourth-order valence-electron chi connectivity index (χ4n) is 6.59. The SMILES string of the molecule is COc1ccc2c(c1)/C(=N\N=C(/[S-])SC)C(=O)N2CCN1CCCCC1.COc1ccc2c(c1)/C(=N\N=C(/[S-])SC)C(=O)N2CCN1CCCCC1.[Pt+2]. The Morgan fingerprint density at radius 1 is 0.642 bits per heavy atom. The maximum atomic E-state index is 13.0. The first kappa shape index (κ1) is 43.1. The monoisotopic (exact) mass is 977 g/mol. The third kappa shape index (κ3) is 11.2. The molecule has 2 fully saturated rings. The van der Waals surface area contributed by atoms with Crippen LogP contribution in [0.4, 0.5) is 11.4 Å². The summed E-state index contributed by atoms with van der Waals surface area (Å²) in [6.07, 6.45) is 11.2. The molecular formula is C36H46N8O4PtS4. The molecule has 17 heteroatoms. The van der Waals surface area contributed by atoms with E-state index >= 15 is 0 Å². The Balaban J connectivity index is 0.000000232. The van der Waals surface area contributed by atoms with Crippen molar-refractivity contribution in [2.45, 2.75) is 38.5 Å². The number of amides is 2. The second kappa shape index (κ2) is 21.5. The van der Waals surface area contributed by atoms with E-state index in [1.54, 1.807) is 24.0 Å². The Morgan fingerprint density at radius 2 is 1.02 bits per heavy atom. The first-order valence-corrected chi connectivity index (χ1v) is 20.7. The van der Waals surface area contributed by atoms with Crippen molar-refractivity contribution < 1.29 is 40.1 Å². The summed E-state index contributed by atoms with van der Waals surface area (Å²) in [6.45, 7) is 7.45. The maximum Gasteiger partial charge on any atom is 2.00 e. The number of piperidine rings is 2. The molecule has 0 radical (unpaired) electrons. The number of benzene rings is 2. The van der Waals surface area contributed by atoms with Gasteiger partial charge >= 0.3 is 21.1 Å². The molecule has 2 aromatic rings. The fourth-order valence-corrected chi connectivity index (χ4v) is 6.92. The topological polar surface area (TPSA) is 115 Å². The molecule has 0 spiro atoms. The molecule has 288 valence electrons. The molecule has 2 amide bonds. The standard InChI is InChI=1S/2C18H24N4O2S2.Pt/c2*1-24-13-6-7-15-14(12-13)16(19-20-18(25)26-2)17(23)22(15)11-10-21-8-4-3-5-9-21;/h2*6-7,12H,3-5,8-11H2,1-2H3,(H,20,25);/q;;+2/p-2/b2*19-16+;. The number of rotatable bonds is 10. The van der Waals surface area contributed by atoms with Crippen molar-refractivity contribution in [2.24, 2.45) is 20.4 Å². The molecule has 0 aliphatic carbocycles. The zero-order valence-corrected chi connectivity index (χ0v) is 36.1. The maximum absolute atomic E-state index is 13.0. The molecule has 6 rings (SSSR count). The van der Waals surface area contributed by atoms with Gasteiger partial charge in [0.1, 0.15) is 11.5 Å². The van der Waals surface area contributed by atoms with Gasteiger partial charge in [0, 0.05) is 37.3 Å². The number of methoxy groups -OCH3 is 2. The smallest absolute Gasteiger partial charge is 0.752 e. The van der Waals surface area contributed by atoms with Gasteiger partial charge in [-0.3, -0.25) is 9.59 Å². The van der Waals surface area contributed by atoms with Crippen LogP contribution in [0.5, 0.6) is 11.5 Å². The van der Waals surface area contributed by atoms with Gasteiger partial charge in [-0.15, -0.1) is 33.7 Å². The van der Waals surface area contributed by atoms with E-state index in [0.717, 1.165) is 61.8 Å². The summed E-state index contributed by atoms with van der Waals surface area (Å²) in [5.41, 5.74) is 3.87. The number of thioether (sulfide) groups is 2. The Kier molecular flexibility index (Phi) is 17.5. The van der Waals surface area contributed by atoms with Crippen LogP contribution in [-0.2, 0) is 55.9 Å². The van der Waals surface area contributed by atoms with Gasteiger partial charge in [-0.1, -0.05) is 12.8 Å². The number of ether oxygens (including phenoxy) is 2. The summed E-state index contributed by atoms with van der Waals surface area (Å²) in [7, 11) is 3.22. The number of fused-ring (bicyclic) bond motifs is 2. The van der Waals surface area contributed by atoms with E-state index in [-0.39, 0.29) is 32.9 Å². The molecule has 0 saturated carbocycles. The van der Waals surface area contributed by atoms with Crippen LogP contribution >= 0.6 is 23.5 Å². The second-order valence-corrected chi connectivity index (χ2v) is 15.4. The van der Waals surface area contributed by atoms with Crippen LogP contribution in [0, 0.1) is 0 Å². The Labute approximate surface area is 346 Å². The van der Waals surface area contributed by atoms with Crippen molar-refractivity contribution in [3.8, 4) is 11.5 Å². The quantitative estimate of drug-likeness (QED) is 0.140. The number of likely N-dealkylation sites (tertiary alicyclic amines) is 2. The molecule has 0 atom stereocenters. The number of carbonyl (C=O) groups is 2. The van der Waals surface area contributed by atoms with Crippen molar-refractivity contribution in [3.63, 3.8) is 0 Å². The van der Waals surface area contributed by atoms with Crippen molar-refractivity contribution in [1.82, 2.24) is 9.80 Å². The molecule has 0 N–H and O–H groups in total. The van der Waals surface area contributed by atoms with Crippen LogP contribution in [0.25, 0.3) is 0 Å².